The number of hydrogen-bond donors (Lipinski definition) is 1. The zero-order valence-electron chi connectivity index (χ0n) is 15.9. The van der Waals surface area contributed by atoms with Crippen LogP contribution in [0.3, 0.4) is 0 Å². The Balaban J connectivity index is 1.37. The van der Waals surface area contributed by atoms with Crippen LogP contribution in [0.2, 0.25) is 0 Å². The molecule has 26 heavy (non-hydrogen) atoms. The number of nitrogens with zero attached hydrogens (tertiary/aromatic N) is 4. The number of aromatic nitrogens is 2. The number of likely N-dealkylation sites (tertiary alicyclic amines) is 1. The van der Waals surface area contributed by atoms with E-state index in [1.807, 2.05) is 11.1 Å². The van der Waals surface area contributed by atoms with Crippen LogP contribution in [-0.2, 0) is 17.8 Å². The highest BCUT2D eigenvalue weighted by atomic mass is 16.2. The molecule has 0 aliphatic carbocycles. The van der Waals surface area contributed by atoms with Gasteiger partial charge >= 0.3 is 0 Å². The molecule has 1 N–H and O–H groups in total. The molecule has 2 fully saturated rings. The molecule has 4 heterocycles. The van der Waals surface area contributed by atoms with Crippen molar-refractivity contribution in [3.63, 3.8) is 0 Å². The Morgan fingerprint density at radius 3 is 3.04 bits per heavy atom. The molecule has 0 unspecified atom stereocenters. The predicted molar refractivity (Wildman–Crippen MR) is 101 cm³/mol. The molecule has 0 saturated carbocycles. The Bertz CT molecular complexity index is 643. The van der Waals surface area contributed by atoms with Crippen molar-refractivity contribution in [2.45, 2.75) is 51.5 Å². The van der Waals surface area contributed by atoms with Gasteiger partial charge in [0, 0.05) is 50.3 Å². The first-order valence-electron chi connectivity index (χ1n) is 10.2. The molecule has 4 rings (SSSR count). The van der Waals surface area contributed by atoms with Gasteiger partial charge in [-0.05, 0) is 44.7 Å². The van der Waals surface area contributed by atoms with Crippen LogP contribution in [0.25, 0.3) is 0 Å². The van der Waals surface area contributed by atoms with Crippen molar-refractivity contribution in [1.29, 1.82) is 0 Å². The van der Waals surface area contributed by atoms with E-state index in [0.717, 1.165) is 56.2 Å². The second-order valence-corrected chi connectivity index (χ2v) is 8.29. The highest BCUT2D eigenvalue weighted by Gasteiger charge is 2.26. The molecule has 0 aromatic carbocycles. The highest BCUT2D eigenvalue weighted by Crippen LogP contribution is 2.23. The summed E-state index contributed by atoms with van der Waals surface area (Å²) in [4.78, 5) is 26.5. The first kappa shape index (κ1) is 17.9. The number of nitrogens with one attached hydrogen (secondary N) is 1. The van der Waals surface area contributed by atoms with E-state index in [-0.39, 0.29) is 5.91 Å². The van der Waals surface area contributed by atoms with Gasteiger partial charge in [0.05, 0.1) is 12.2 Å². The van der Waals surface area contributed by atoms with Gasteiger partial charge in [-0.1, -0.05) is 6.92 Å². The maximum atomic E-state index is 12.7. The van der Waals surface area contributed by atoms with Crippen molar-refractivity contribution in [3.8, 4) is 0 Å². The predicted octanol–water partition coefficient (Wildman–Crippen LogP) is 1.56. The van der Waals surface area contributed by atoms with Crippen LogP contribution in [-0.4, -0.2) is 64.9 Å². The first-order valence-corrected chi connectivity index (χ1v) is 10.2. The standard InChI is InChI=1S/C20H31N5O/c1-15-4-3-8-24(12-15)14-19(26)25-9-6-18-17(13-25)11-22-20(23-18)16-5-2-7-21-10-16/h11,15-16,21H,2-10,12-14H2,1H3/t15-,16+/m0/s1. The van der Waals surface area contributed by atoms with E-state index in [0.29, 0.717) is 24.9 Å². The van der Waals surface area contributed by atoms with Crippen LogP contribution in [0.15, 0.2) is 6.20 Å². The van der Waals surface area contributed by atoms with E-state index in [2.05, 4.69) is 22.1 Å². The number of rotatable bonds is 3. The third-order valence-electron chi connectivity index (χ3n) is 6.07. The Labute approximate surface area is 156 Å². The molecular weight excluding hydrogens is 326 g/mol. The molecule has 1 aromatic heterocycles. The maximum Gasteiger partial charge on any atom is 0.237 e. The summed E-state index contributed by atoms with van der Waals surface area (Å²) in [6.07, 6.45) is 7.69. The molecular formula is C20H31N5O. The van der Waals surface area contributed by atoms with Gasteiger partial charge in [-0.25, -0.2) is 9.97 Å². The summed E-state index contributed by atoms with van der Waals surface area (Å²) in [7, 11) is 0. The van der Waals surface area contributed by atoms with Gasteiger partial charge in [0.15, 0.2) is 0 Å². The van der Waals surface area contributed by atoms with Gasteiger partial charge in [0.2, 0.25) is 5.91 Å². The summed E-state index contributed by atoms with van der Waals surface area (Å²) in [6.45, 7) is 8.50. The number of fused-ring (bicyclic) bond motifs is 1. The van der Waals surface area contributed by atoms with E-state index >= 15 is 0 Å². The summed E-state index contributed by atoms with van der Waals surface area (Å²) >= 11 is 0. The van der Waals surface area contributed by atoms with Crippen LogP contribution in [0, 0.1) is 5.92 Å². The fraction of sp³-hybridized carbons (Fsp3) is 0.750. The zero-order chi connectivity index (χ0) is 17.9. The molecule has 0 bridgehead atoms. The molecule has 2 saturated heterocycles. The van der Waals surface area contributed by atoms with Crippen LogP contribution in [0.5, 0.6) is 0 Å². The SMILES string of the molecule is C[C@H]1CCCN(CC(=O)N2CCc3nc([C@@H]4CCCNC4)ncc3C2)C1. The topological polar surface area (TPSA) is 61.4 Å². The average molecular weight is 358 g/mol. The lowest BCUT2D eigenvalue weighted by molar-refractivity contribution is -0.133. The number of carbonyl (C=O) groups is 1. The Morgan fingerprint density at radius 2 is 2.23 bits per heavy atom. The molecule has 6 nitrogen and oxygen atoms in total. The lowest BCUT2D eigenvalue weighted by atomic mass is 9.98. The summed E-state index contributed by atoms with van der Waals surface area (Å²) < 4.78 is 0. The molecule has 0 spiro atoms. The quantitative estimate of drug-likeness (QED) is 0.890. The van der Waals surface area contributed by atoms with Crippen LogP contribution in [0.1, 0.15) is 55.6 Å². The minimum absolute atomic E-state index is 0.255. The summed E-state index contributed by atoms with van der Waals surface area (Å²) in [5.74, 6) is 2.39. The van der Waals surface area contributed by atoms with Crippen LogP contribution in [0.4, 0.5) is 0 Å². The monoisotopic (exact) mass is 357 g/mol. The summed E-state index contributed by atoms with van der Waals surface area (Å²) in [5.41, 5.74) is 2.28. The molecule has 6 heteroatoms. The minimum atomic E-state index is 0.255. The fourth-order valence-corrected chi connectivity index (χ4v) is 4.53. The third-order valence-corrected chi connectivity index (χ3v) is 6.07. The van der Waals surface area contributed by atoms with Crippen LogP contribution >= 0.6 is 0 Å². The highest BCUT2D eigenvalue weighted by molar-refractivity contribution is 5.78. The molecule has 1 amide bonds. The fourth-order valence-electron chi connectivity index (χ4n) is 4.53. The number of piperidine rings is 2. The van der Waals surface area contributed by atoms with Gasteiger partial charge in [-0.3, -0.25) is 9.69 Å². The van der Waals surface area contributed by atoms with E-state index in [1.165, 1.54) is 25.7 Å². The Morgan fingerprint density at radius 1 is 1.31 bits per heavy atom. The lowest BCUT2D eigenvalue weighted by Gasteiger charge is -2.34. The second kappa shape index (κ2) is 8.01. The Kier molecular flexibility index (Phi) is 5.50. The van der Waals surface area contributed by atoms with Crippen molar-refractivity contribution >= 4 is 5.91 Å². The number of amides is 1. The van der Waals surface area contributed by atoms with E-state index in [9.17, 15) is 4.79 Å². The van der Waals surface area contributed by atoms with Gasteiger partial charge in [-0.2, -0.15) is 0 Å². The Hall–Kier alpha value is -1.53. The van der Waals surface area contributed by atoms with Gasteiger partial charge in [0.25, 0.3) is 0 Å². The van der Waals surface area contributed by atoms with E-state index in [1.54, 1.807) is 0 Å². The normalized spacial score (nSPS) is 27.2. The number of hydrogen-bond acceptors (Lipinski definition) is 5. The summed E-state index contributed by atoms with van der Waals surface area (Å²) in [6, 6.07) is 0. The van der Waals surface area contributed by atoms with Crippen molar-refractivity contribution < 1.29 is 4.79 Å². The molecule has 1 aromatic rings. The van der Waals surface area contributed by atoms with Gasteiger partial charge < -0.3 is 10.2 Å². The molecule has 3 aliphatic rings. The molecule has 2 atom stereocenters. The van der Waals surface area contributed by atoms with Crippen molar-refractivity contribution in [1.82, 2.24) is 25.1 Å². The number of carbonyl (C=O) groups excluding carboxylic acids is 1. The molecule has 142 valence electrons. The average Bonchev–Trinajstić information content (AvgIpc) is 2.68. The van der Waals surface area contributed by atoms with Crippen molar-refractivity contribution in [2.24, 2.45) is 5.92 Å². The van der Waals surface area contributed by atoms with Gasteiger partial charge in [0.1, 0.15) is 5.82 Å². The third kappa shape index (κ3) is 4.07. The first-order chi connectivity index (χ1) is 12.7. The van der Waals surface area contributed by atoms with Crippen molar-refractivity contribution in [3.05, 3.63) is 23.3 Å². The lowest BCUT2D eigenvalue weighted by Crippen LogP contribution is -2.45. The van der Waals surface area contributed by atoms with Crippen molar-refractivity contribution in [2.75, 3.05) is 39.3 Å². The largest absolute Gasteiger partial charge is 0.337 e. The zero-order valence-corrected chi connectivity index (χ0v) is 15.9. The smallest absolute Gasteiger partial charge is 0.237 e. The second-order valence-electron chi connectivity index (χ2n) is 8.29. The van der Waals surface area contributed by atoms with E-state index in [4.69, 9.17) is 4.98 Å². The minimum Gasteiger partial charge on any atom is -0.337 e. The molecule has 3 aliphatic heterocycles. The molecule has 0 radical (unpaired) electrons. The summed E-state index contributed by atoms with van der Waals surface area (Å²) in [5, 5.41) is 3.44. The van der Waals surface area contributed by atoms with Gasteiger partial charge in [-0.15, -0.1) is 0 Å². The maximum absolute atomic E-state index is 12.7. The van der Waals surface area contributed by atoms with E-state index < -0.39 is 0 Å². The van der Waals surface area contributed by atoms with Crippen LogP contribution < -0.4 is 5.32 Å².